The Bertz CT molecular complexity index is 227. The SMILES string of the molecule is CCCC(O)C(CCC)S(=O)(=O)[O-].[K+]. The molecule has 2 unspecified atom stereocenters. The predicted octanol–water partition coefficient (Wildman–Crippen LogP) is -2.13. The summed E-state index contributed by atoms with van der Waals surface area (Å²) < 4.78 is 32.2. The molecular weight excluding hydrogens is 231 g/mol. The molecule has 2 atom stereocenters. The second-order valence-corrected chi connectivity index (χ2v) is 4.77. The van der Waals surface area contributed by atoms with E-state index in [1.165, 1.54) is 0 Å². The first-order valence-corrected chi connectivity index (χ1v) is 6.03. The van der Waals surface area contributed by atoms with Crippen molar-refractivity contribution in [1.29, 1.82) is 0 Å². The molecule has 1 N–H and O–H groups in total. The van der Waals surface area contributed by atoms with Gasteiger partial charge in [0.1, 0.15) is 10.1 Å². The van der Waals surface area contributed by atoms with Crippen LogP contribution in [-0.4, -0.2) is 29.4 Å². The molecule has 0 radical (unpaired) electrons. The second kappa shape index (κ2) is 8.63. The zero-order chi connectivity index (χ0) is 10.5. The summed E-state index contributed by atoms with van der Waals surface area (Å²) in [5, 5.41) is 8.27. The Morgan fingerprint density at radius 1 is 1.21 bits per heavy atom. The molecule has 0 fully saturated rings. The van der Waals surface area contributed by atoms with Gasteiger partial charge in [-0.2, -0.15) is 0 Å². The van der Waals surface area contributed by atoms with Gasteiger partial charge < -0.3 is 9.66 Å². The third kappa shape index (κ3) is 6.89. The molecule has 80 valence electrons. The van der Waals surface area contributed by atoms with Gasteiger partial charge >= 0.3 is 51.4 Å². The number of hydrogen-bond donors (Lipinski definition) is 1. The van der Waals surface area contributed by atoms with Crippen molar-refractivity contribution in [2.75, 3.05) is 0 Å². The summed E-state index contributed by atoms with van der Waals surface area (Å²) in [5.74, 6) is 0. The number of rotatable bonds is 6. The van der Waals surface area contributed by atoms with Crippen molar-refractivity contribution < 1.29 is 69.5 Å². The third-order valence-electron chi connectivity index (χ3n) is 1.96. The smallest absolute Gasteiger partial charge is 0.748 e. The summed E-state index contributed by atoms with van der Waals surface area (Å²) >= 11 is 0. The molecule has 0 aromatic heterocycles. The van der Waals surface area contributed by atoms with Crippen molar-refractivity contribution in [3.05, 3.63) is 0 Å². The Labute approximate surface area is 129 Å². The molecule has 0 saturated carbocycles. The average molecular weight is 248 g/mol. The molecule has 0 aromatic carbocycles. The average Bonchev–Trinajstić information content (AvgIpc) is 1.98. The van der Waals surface area contributed by atoms with Gasteiger partial charge in [-0.1, -0.05) is 26.7 Å². The van der Waals surface area contributed by atoms with Crippen molar-refractivity contribution in [3.63, 3.8) is 0 Å². The quantitative estimate of drug-likeness (QED) is 0.430. The van der Waals surface area contributed by atoms with Gasteiger partial charge in [-0.05, 0) is 12.8 Å². The standard InChI is InChI=1S/C8H18O4S.K/c1-3-5-7(9)8(6-4-2)13(10,11)12;/h7-9H,3-6H2,1-2H3,(H,10,11,12);/q;+1/p-1. The van der Waals surface area contributed by atoms with E-state index in [2.05, 4.69) is 0 Å². The molecule has 14 heavy (non-hydrogen) atoms. The van der Waals surface area contributed by atoms with E-state index < -0.39 is 21.5 Å². The van der Waals surface area contributed by atoms with Crippen LogP contribution in [0.25, 0.3) is 0 Å². The van der Waals surface area contributed by atoms with Crippen LogP contribution in [0.2, 0.25) is 0 Å². The molecule has 0 saturated heterocycles. The van der Waals surface area contributed by atoms with E-state index in [0.29, 0.717) is 19.3 Å². The molecular formula is C8H17KO4S. The van der Waals surface area contributed by atoms with Gasteiger partial charge in [0.05, 0.1) is 11.4 Å². The van der Waals surface area contributed by atoms with E-state index in [9.17, 15) is 18.1 Å². The van der Waals surface area contributed by atoms with E-state index in [4.69, 9.17) is 0 Å². The normalized spacial score (nSPS) is 15.7. The minimum absolute atomic E-state index is 0. The van der Waals surface area contributed by atoms with Crippen LogP contribution in [0, 0.1) is 0 Å². The van der Waals surface area contributed by atoms with E-state index in [1.54, 1.807) is 6.92 Å². The molecule has 6 heteroatoms. The predicted molar refractivity (Wildman–Crippen MR) is 49.3 cm³/mol. The summed E-state index contributed by atoms with van der Waals surface area (Å²) in [4.78, 5) is 0. The number of hydrogen-bond acceptors (Lipinski definition) is 4. The van der Waals surface area contributed by atoms with Gasteiger partial charge in [-0.15, -0.1) is 0 Å². The Morgan fingerprint density at radius 2 is 1.64 bits per heavy atom. The van der Waals surface area contributed by atoms with Crippen molar-refractivity contribution >= 4 is 10.1 Å². The minimum Gasteiger partial charge on any atom is -0.748 e. The monoisotopic (exact) mass is 248 g/mol. The molecule has 0 aliphatic rings. The first-order chi connectivity index (χ1) is 5.93. The first kappa shape index (κ1) is 17.9. The molecule has 0 bridgehead atoms. The second-order valence-electron chi connectivity index (χ2n) is 3.18. The zero-order valence-corrected chi connectivity index (χ0v) is 13.0. The maximum absolute atomic E-state index is 10.7. The molecule has 0 aliphatic carbocycles. The Morgan fingerprint density at radius 3 is 1.93 bits per heavy atom. The van der Waals surface area contributed by atoms with Crippen LogP contribution in [0.1, 0.15) is 39.5 Å². The van der Waals surface area contributed by atoms with Crippen molar-refractivity contribution in [1.82, 2.24) is 0 Å². The van der Waals surface area contributed by atoms with Crippen molar-refractivity contribution in [3.8, 4) is 0 Å². The van der Waals surface area contributed by atoms with E-state index in [0.717, 1.165) is 0 Å². The maximum atomic E-state index is 10.7. The summed E-state index contributed by atoms with van der Waals surface area (Å²) in [6.45, 7) is 3.63. The van der Waals surface area contributed by atoms with Crippen LogP contribution in [0.4, 0.5) is 0 Å². The maximum Gasteiger partial charge on any atom is 1.00 e. The zero-order valence-electron chi connectivity index (χ0n) is 9.06. The van der Waals surface area contributed by atoms with Crippen LogP contribution in [0.3, 0.4) is 0 Å². The molecule has 4 nitrogen and oxygen atoms in total. The molecule has 0 rings (SSSR count). The number of aliphatic hydroxyl groups excluding tert-OH is 1. The topological polar surface area (TPSA) is 77.4 Å². The van der Waals surface area contributed by atoms with E-state index >= 15 is 0 Å². The minimum atomic E-state index is -4.35. The van der Waals surface area contributed by atoms with Gasteiger partial charge in [0.15, 0.2) is 0 Å². The summed E-state index contributed by atoms with van der Waals surface area (Å²) in [7, 11) is -4.35. The van der Waals surface area contributed by atoms with Gasteiger partial charge in [0, 0.05) is 0 Å². The molecule has 0 amide bonds. The van der Waals surface area contributed by atoms with Crippen LogP contribution in [-0.2, 0) is 10.1 Å². The van der Waals surface area contributed by atoms with Crippen molar-refractivity contribution in [2.45, 2.75) is 50.9 Å². The fourth-order valence-electron chi connectivity index (χ4n) is 1.30. The van der Waals surface area contributed by atoms with Gasteiger partial charge in [-0.3, -0.25) is 0 Å². The molecule has 0 aliphatic heterocycles. The van der Waals surface area contributed by atoms with Gasteiger partial charge in [-0.25, -0.2) is 8.42 Å². The van der Waals surface area contributed by atoms with E-state index in [-0.39, 0.29) is 57.8 Å². The number of aliphatic hydroxyl groups is 1. The molecule has 0 heterocycles. The van der Waals surface area contributed by atoms with Crippen LogP contribution in [0.5, 0.6) is 0 Å². The Balaban J connectivity index is 0. The Hall–Kier alpha value is 1.51. The molecule has 0 aromatic rings. The van der Waals surface area contributed by atoms with Crippen LogP contribution >= 0.6 is 0 Å². The van der Waals surface area contributed by atoms with Crippen LogP contribution < -0.4 is 51.4 Å². The van der Waals surface area contributed by atoms with Crippen LogP contribution in [0.15, 0.2) is 0 Å². The first-order valence-electron chi connectivity index (χ1n) is 4.56. The largest absolute Gasteiger partial charge is 1.00 e. The fourth-order valence-corrected chi connectivity index (χ4v) is 2.34. The Kier molecular flexibility index (Phi) is 11.0. The summed E-state index contributed by atoms with van der Waals surface area (Å²) in [5.41, 5.74) is 0. The third-order valence-corrected chi connectivity index (χ3v) is 3.25. The fraction of sp³-hybridized carbons (Fsp3) is 1.00. The summed E-state index contributed by atoms with van der Waals surface area (Å²) in [6.07, 6.45) is 0.871. The van der Waals surface area contributed by atoms with Gasteiger partial charge in [0.25, 0.3) is 0 Å². The van der Waals surface area contributed by atoms with Crippen molar-refractivity contribution in [2.24, 2.45) is 0 Å². The van der Waals surface area contributed by atoms with E-state index in [1.807, 2.05) is 6.92 Å². The van der Waals surface area contributed by atoms with Gasteiger partial charge in [0.2, 0.25) is 0 Å². The molecule has 0 spiro atoms. The summed E-state index contributed by atoms with van der Waals surface area (Å²) in [6, 6.07) is 0.